The van der Waals surface area contributed by atoms with E-state index in [2.05, 4.69) is 9.84 Å². The number of carbonyl (C=O) groups is 1. The number of hydrogen-bond donors (Lipinski definition) is 3. The molecule has 7 heteroatoms. The zero-order valence-electron chi connectivity index (χ0n) is 11.7. The fraction of sp³-hybridized carbons (Fsp3) is 0.462. The highest BCUT2D eigenvalue weighted by Crippen LogP contribution is 2.37. The SMILES string of the molecule is CC(C)(C)C(=O)N[C@@H](COP(=O)(O)O)c1ccccc1. The standard InChI is InChI=1S/C13H20NO5P/c1-13(2,3)12(15)14-11(9-19-20(16,17)18)10-7-5-4-6-8-10/h4-8,11H,9H2,1-3H3,(H,14,15)(H2,16,17,18)/t11-/m0/s1. The van der Waals surface area contributed by atoms with Gasteiger partial charge in [-0.15, -0.1) is 0 Å². The lowest BCUT2D eigenvalue weighted by molar-refractivity contribution is -0.129. The second kappa shape index (κ2) is 6.50. The fourth-order valence-corrected chi connectivity index (χ4v) is 1.80. The van der Waals surface area contributed by atoms with E-state index >= 15 is 0 Å². The van der Waals surface area contributed by atoms with E-state index in [0.29, 0.717) is 0 Å². The molecule has 1 amide bonds. The highest BCUT2D eigenvalue weighted by molar-refractivity contribution is 7.46. The number of phosphoric acid groups is 1. The van der Waals surface area contributed by atoms with Crippen LogP contribution in [0.3, 0.4) is 0 Å². The first-order valence-electron chi connectivity index (χ1n) is 6.15. The van der Waals surface area contributed by atoms with Gasteiger partial charge in [0.1, 0.15) is 0 Å². The van der Waals surface area contributed by atoms with Crippen molar-refractivity contribution in [2.24, 2.45) is 5.41 Å². The normalized spacial score (nSPS) is 13.8. The quantitative estimate of drug-likeness (QED) is 0.723. The van der Waals surface area contributed by atoms with Gasteiger partial charge in [0.15, 0.2) is 0 Å². The van der Waals surface area contributed by atoms with Crippen LogP contribution in [-0.4, -0.2) is 22.3 Å². The van der Waals surface area contributed by atoms with E-state index in [1.807, 2.05) is 6.07 Å². The van der Waals surface area contributed by atoms with Crippen molar-refractivity contribution < 1.29 is 23.7 Å². The molecule has 0 fully saturated rings. The van der Waals surface area contributed by atoms with E-state index in [1.54, 1.807) is 45.0 Å². The molecule has 0 aliphatic heterocycles. The van der Waals surface area contributed by atoms with Crippen molar-refractivity contribution in [1.29, 1.82) is 0 Å². The molecule has 0 unspecified atom stereocenters. The van der Waals surface area contributed by atoms with E-state index in [9.17, 15) is 9.36 Å². The highest BCUT2D eigenvalue weighted by Gasteiger charge is 2.26. The zero-order valence-corrected chi connectivity index (χ0v) is 12.6. The van der Waals surface area contributed by atoms with Gasteiger partial charge in [0.2, 0.25) is 5.91 Å². The first-order valence-corrected chi connectivity index (χ1v) is 7.68. The molecule has 0 bridgehead atoms. The summed E-state index contributed by atoms with van der Waals surface area (Å²) in [7, 11) is -4.58. The molecule has 0 heterocycles. The molecular weight excluding hydrogens is 281 g/mol. The van der Waals surface area contributed by atoms with Gasteiger partial charge in [-0.1, -0.05) is 51.1 Å². The highest BCUT2D eigenvalue weighted by atomic mass is 31.2. The van der Waals surface area contributed by atoms with E-state index in [1.165, 1.54) is 0 Å². The van der Waals surface area contributed by atoms with E-state index < -0.39 is 19.3 Å². The Morgan fingerprint density at radius 3 is 2.30 bits per heavy atom. The van der Waals surface area contributed by atoms with Crippen molar-refractivity contribution >= 4 is 13.7 Å². The molecule has 6 nitrogen and oxygen atoms in total. The topological polar surface area (TPSA) is 95.9 Å². The third-order valence-electron chi connectivity index (χ3n) is 2.60. The number of benzene rings is 1. The van der Waals surface area contributed by atoms with E-state index in [-0.39, 0.29) is 12.5 Å². The molecular formula is C13H20NO5P. The van der Waals surface area contributed by atoms with Crippen molar-refractivity contribution in [3.63, 3.8) is 0 Å². The molecule has 1 rings (SSSR count). The average molecular weight is 301 g/mol. The third-order valence-corrected chi connectivity index (χ3v) is 3.08. The van der Waals surface area contributed by atoms with E-state index in [0.717, 1.165) is 5.56 Å². The van der Waals surface area contributed by atoms with Gasteiger partial charge in [0, 0.05) is 5.41 Å². The Balaban J connectivity index is 2.86. The van der Waals surface area contributed by atoms with Crippen LogP contribution in [-0.2, 0) is 13.9 Å². The second-order valence-electron chi connectivity index (χ2n) is 5.47. The minimum absolute atomic E-state index is 0.222. The molecule has 3 N–H and O–H groups in total. The Bertz CT molecular complexity index is 491. The molecule has 112 valence electrons. The Kier molecular flexibility index (Phi) is 5.48. The maximum atomic E-state index is 12.0. The van der Waals surface area contributed by atoms with Gasteiger partial charge in [-0.25, -0.2) is 4.57 Å². The third kappa shape index (κ3) is 5.84. The molecule has 1 aromatic carbocycles. The summed E-state index contributed by atoms with van der Waals surface area (Å²) in [4.78, 5) is 29.6. The van der Waals surface area contributed by atoms with E-state index in [4.69, 9.17) is 9.79 Å². The molecule has 0 aliphatic carbocycles. The summed E-state index contributed by atoms with van der Waals surface area (Å²) in [6.45, 7) is 4.98. The lowest BCUT2D eigenvalue weighted by Crippen LogP contribution is -2.39. The monoisotopic (exact) mass is 301 g/mol. The largest absolute Gasteiger partial charge is 0.469 e. The summed E-state index contributed by atoms with van der Waals surface area (Å²) in [5.41, 5.74) is 0.119. The van der Waals surface area contributed by atoms with Gasteiger partial charge in [-0.05, 0) is 5.56 Å². The van der Waals surface area contributed by atoms with Crippen LogP contribution in [0.15, 0.2) is 30.3 Å². The Labute approximate surface area is 118 Å². The van der Waals surface area contributed by atoms with Crippen LogP contribution < -0.4 is 5.32 Å². The van der Waals surface area contributed by atoms with Crippen molar-refractivity contribution in [2.45, 2.75) is 26.8 Å². The van der Waals surface area contributed by atoms with Gasteiger partial charge in [-0.3, -0.25) is 9.32 Å². The zero-order chi connectivity index (χ0) is 15.4. The molecule has 0 aliphatic rings. The summed E-state index contributed by atoms with van der Waals surface area (Å²) < 4.78 is 15.3. The van der Waals surface area contributed by atoms with Crippen LogP contribution in [0.4, 0.5) is 0 Å². The Morgan fingerprint density at radius 2 is 1.85 bits per heavy atom. The summed E-state index contributed by atoms with van der Waals surface area (Å²) in [5.74, 6) is -0.222. The van der Waals surface area contributed by atoms with Crippen LogP contribution >= 0.6 is 7.82 Å². The van der Waals surface area contributed by atoms with Crippen LogP contribution in [0.5, 0.6) is 0 Å². The van der Waals surface area contributed by atoms with Crippen molar-refractivity contribution in [1.82, 2.24) is 5.32 Å². The summed E-state index contributed by atoms with van der Waals surface area (Å²) in [5, 5.41) is 2.74. The maximum absolute atomic E-state index is 12.0. The minimum atomic E-state index is -4.58. The lowest BCUT2D eigenvalue weighted by Gasteiger charge is -2.24. The van der Waals surface area contributed by atoms with Crippen molar-refractivity contribution in [3.8, 4) is 0 Å². The number of hydrogen-bond acceptors (Lipinski definition) is 3. The molecule has 20 heavy (non-hydrogen) atoms. The van der Waals surface area contributed by atoms with Gasteiger partial charge >= 0.3 is 7.82 Å². The smallest absolute Gasteiger partial charge is 0.346 e. The molecule has 0 saturated heterocycles. The van der Waals surface area contributed by atoms with Crippen LogP contribution in [0, 0.1) is 5.41 Å². The van der Waals surface area contributed by atoms with Crippen LogP contribution in [0.2, 0.25) is 0 Å². The van der Waals surface area contributed by atoms with Crippen LogP contribution in [0.1, 0.15) is 32.4 Å². The van der Waals surface area contributed by atoms with Crippen molar-refractivity contribution in [2.75, 3.05) is 6.61 Å². The molecule has 0 saturated carbocycles. The predicted molar refractivity (Wildman–Crippen MR) is 74.8 cm³/mol. The maximum Gasteiger partial charge on any atom is 0.469 e. The number of phosphoric ester groups is 1. The number of carbonyl (C=O) groups excluding carboxylic acids is 1. The molecule has 1 atom stereocenters. The van der Waals surface area contributed by atoms with Gasteiger partial charge in [0.25, 0.3) is 0 Å². The van der Waals surface area contributed by atoms with Gasteiger partial charge in [0.05, 0.1) is 12.6 Å². The predicted octanol–water partition coefficient (Wildman–Crippen LogP) is 2.00. The summed E-state index contributed by atoms with van der Waals surface area (Å²) >= 11 is 0. The average Bonchev–Trinajstić information content (AvgIpc) is 2.33. The first-order chi connectivity index (χ1) is 9.09. The molecule has 0 spiro atoms. The molecule has 0 radical (unpaired) electrons. The molecule has 0 aromatic heterocycles. The minimum Gasteiger partial charge on any atom is -0.346 e. The first kappa shape index (κ1) is 16.9. The van der Waals surface area contributed by atoms with Crippen molar-refractivity contribution in [3.05, 3.63) is 35.9 Å². The van der Waals surface area contributed by atoms with Gasteiger partial charge in [-0.2, -0.15) is 0 Å². The summed E-state index contributed by atoms with van der Waals surface area (Å²) in [6, 6.07) is 8.28. The fourth-order valence-electron chi connectivity index (χ4n) is 1.45. The summed E-state index contributed by atoms with van der Waals surface area (Å²) in [6.07, 6.45) is 0. The number of rotatable bonds is 5. The number of amides is 1. The second-order valence-corrected chi connectivity index (χ2v) is 6.71. The number of nitrogens with one attached hydrogen (secondary N) is 1. The lowest BCUT2D eigenvalue weighted by atomic mass is 9.94. The van der Waals surface area contributed by atoms with Crippen LogP contribution in [0.25, 0.3) is 0 Å². The van der Waals surface area contributed by atoms with Gasteiger partial charge < -0.3 is 15.1 Å². The Morgan fingerprint density at radius 1 is 1.30 bits per heavy atom. The Hall–Kier alpha value is -1.20. The molecule has 1 aromatic rings.